The van der Waals surface area contributed by atoms with Crippen LogP contribution in [0, 0.1) is 0 Å². The zero-order valence-corrected chi connectivity index (χ0v) is 8.19. The van der Waals surface area contributed by atoms with Gasteiger partial charge in [-0.05, 0) is 13.8 Å². The average molecular weight is 187 g/mol. The minimum Gasteiger partial charge on any atom is -0.378 e. The second-order valence-electron chi connectivity index (χ2n) is 3.38. The van der Waals surface area contributed by atoms with Crippen molar-refractivity contribution in [3.05, 3.63) is 0 Å². The third-order valence-corrected chi connectivity index (χ3v) is 2.06. The van der Waals surface area contributed by atoms with Crippen LogP contribution in [0.4, 0.5) is 4.79 Å². The lowest BCUT2D eigenvalue weighted by molar-refractivity contribution is 0.0405. The monoisotopic (exact) mass is 187 g/mol. The number of hydrogen-bond donors (Lipinski definition) is 1. The van der Waals surface area contributed by atoms with E-state index in [0.29, 0.717) is 26.3 Å². The zero-order valence-electron chi connectivity index (χ0n) is 8.19. The molecule has 0 aromatic rings. The number of ether oxygens (including phenoxy) is 1. The second-order valence-corrected chi connectivity index (χ2v) is 3.38. The summed E-state index contributed by atoms with van der Waals surface area (Å²) < 4.78 is 5.14. The highest BCUT2D eigenvalue weighted by Gasteiger charge is 2.22. The molecule has 1 aliphatic rings. The van der Waals surface area contributed by atoms with Crippen LogP contribution in [-0.4, -0.2) is 48.3 Å². The van der Waals surface area contributed by atoms with E-state index in [1.165, 1.54) is 5.01 Å². The van der Waals surface area contributed by atoms with Crippen LogP contribution in [0.5, 0.6) is 0 Å². The molecule has 0 spiro atoms. The van der Waals surface area contributed by atoms with Crippen LogP contribution >= 0.6 is 0 Å². The molecule has 0 atom stereocenters. The van der Waals surface area contributed by atoms with Crippen LogP contribution in [0.25, 0.3) is 0 Å². The fourth-order valence-corrected chi connectivity index (χ4v) is 1.14. The summed E-state index contributed by atoms with van der Waals surface area (Å²) in [6.07, 6.45) is 0. The Hall–Kier alpha value is -0.810. The van der Waals surface area contributed by atoms with Gasteiger partial charge in [0.25, 0.3) is 0 Å². The van der Waals surface area contributed by atoms with Gasteiger partial charge in [-0.25, -0.2) is 10.6 Å². The summed E-state index contributed by atoms with van der Waals surface area (Å²) >= 11 is 0. The Bertz CT molecular complexity index is 178. The van der Waals surface area contributed by atoms with Crippen molar-refractivity contribution < 1.29 is 9.53 Å². The van der Waals surface area contributed by atoms with Crippen molar-refractivity contribution in [2.75, 3.05) is 26.3 Å². The van der Waals surface area contributed by atoms with Gasteiger partial charge in [0.1, 0.15) is 0 Å². The van der Waals surface area contributed by atoms with Gasteiger partial charge in [-0.3, -0.25) is 5.01 Å². The second kappa shape index (κ2) is 4.43. The quantitative estimate of drug-likeness (QED) is 0.358. The summed E-state index contributed by atoms with van der Waals surface area (Å²) in [4.78, 5) is 13.3. The Morgan fingerprint density at radius 2 is 2.00 bits per heavy atom. The van der Waals surface area contributed by atoms with E-state index >= 15 is 0 Å². The molecule has 0 aromatic carbocycles. The van der Waals surface area contributed by atoms with E-state index < -0.39 is 0 Å². The predicted molar refractivity (Wildman–Crippen MR) is 49.0 cm³/mol. The van der Waals surface area contributed by atoms with E-state index in [4.69, 9.17) is 10.6 Å². The summed E-state index contributed by atoms with van der Waals surface area (Å²) in [5, 5.41) is 1.26. The van der Waals surface area contributed by atoms with E-state index in [1.807, 2.05) is 13.8 Å². The first-order valence-corrected chi connectivity index (χ1v) is 4.53. The molecule has 1 aliphatic heterocycles. The predicted octanol–water partition coefficient (Wildman–Crippen LogP) is 0.0227. The molecule has 5 nitrogen and oxygen atoms in total. The zero-order chi connectivity index (χ0) is 9.84. The number of morpholine rings is 1. The van der Waals surface area contributed by atoms with Crippen molar-refractivity contribution in [3.63, 3.8) is 0 Å². The highest BCUT2D eigenvalue weighted by Crippen LogP contribution is 2.02. The van der Waals surface area contributed by atoms with Gasteiger partial charge in [0, 0.05) is 19.1 Å². The first kappa shape index (κ1) is 10.3. The normalized spacial score (nSPS) is 17.7. The molecule has 0 aliphatic carbocycles. The molecule has 1 heterocycles. The maximum absolute atomic E-state index is 11.6. The molecule has 2 amide bonds. The Balaban J connectivity index is 2.45. The van der Waals surface area contributed by atoms with Gasteiger partial charge in [0.15, 0.2) is 0 Å². The van der Waals surface area contributed by atoms with Crippen molar-refractivity contribution in [3.8, 4) is 0 Å². The molecule has 1 fully saturated rings. The molecule has 76 valence electrons. The lowest BCUT2D eigenvalue weighted by Gasteiger charge is -2.32. The largest absolute Gasteiger partial charge is 0.378 e. The minimum atomic E-state index is -0.113. The molecule has 13 heavy (non-hydrogen) atoms. The average Bonchev–Trinajstić information content (AvgIpc) is 2.17. The molecule has 0 unspecified atom stereocenters. The van der Waals surface area contributed by atoms with E-state index in [1.54, 1.807) is 4.90 Å². The van der Waals surface area contributed by atoms with Crippen LogP contribution in [-0.2, 0) is 4.74 Å². The Labute approximate surface area is 78.4 Å². The molecule has 5 heteroatoms. The van der Waals surface area contributed by atoms with Crippen molar-refractivity contribution >= 4 is 6.03 Å². The standard InChI is InChI=1S/C8H17N3O2/c1-7(2)11(9)8(12)10-3-5-13-6-4-10/h7H,3-6,9H2,1-2H3. The Morgan fingerprint density at radius 1 is 1.46 bits per heavy atom. The van der Waals surface area contributed by atoms with Gasteiger partial charge in [-0.15, -0.1) is 0 Å². The molecule has 0 aromatic heterocycles. The number of amides is 2. The van der Waals surface area contributed by atoms with Crippen LogP contribution in [0.15, 0.2) is 0 Å². The van der Waals surface area contributed by atoms with E-state index in [9.17, 15) is 4.79 Å². The molecule has 1 saturated heterocycles. The summed E-state index contributed by atoms with van der Waals surface area (Å²) in [6.45, 7) is 6.27. The number of hydrazine groups is 1. The van der Waals surface area contributed by atoms with Crippen molar-refractivity contribution in [2.24, 2.45) is 5.84 Å². The molecule has 2 N–H and O–H groups in total. The van der Waals surface area contributed by atoms with Gasteiger partial charge < -0.3 is 9.64 Å². The first-order chi connectivity index (χ1) is 6.13. The summed E-state index contributed by atoms with van der Waals surface area (Å²) in [5.74, 6) is 5.59. The SMILES string of the molecule is CC(C)N(N)C(=O)N1CCOCC1. The van der Waals surface area contributed by atoms with Crippen molar-refractivity contribution in [2.45, 2.75) is 19.9 Å². The van der Waals surface area contributed by atoms with Crippen molar-refractivity contribution in [1.82, 2.24) is 9.91 Å². The summed E-state index contributed by atoms with van der Waals surface area (Å²) in [5.41, 5.74) is 0. The number of carbonyl (C=O) groups is 1. The fourth-order valence-electron chi connectivity index (χ4n) is 1.14. The first-order valence-electron chi connectivity index (χ1n) is 4.53. The molecule has 0 bridgehead atoms. The summed E-state index contributed by atoms with van der Waals surface area (Å²) in [6, 6.07) is -0.0753. The lowest BCUT2D eigenvalue weighted by atomic mass is 10.4. The highest BCUT2D eigenvalue weighted by molar-refractivity contribution is 5.74. The number of hydrogen-bond acceptors (Lipinski definition) is 3. The van der Waals surface area contributed by atoms with Crippen LogP contribution in [0.3, 0.4) is 0 Å². The molecule has 0 radical (unpaired) electrons. The number of nitrogens with zero attached hydrogens (tertiary/aromatic N) is 2. The molecular formula is C8H17N3O2. The van der Waals surface area contributed by atoms with Gasteiger partial charge in [0.05, 0.1) is 13.2 Å². The van der Waals surface area contributed by atoms with Crippen LogP contribution < -0.4 is 5.84 Å². The number of nitrogens with two attached hydrogens (primary N) is 1. The Kier molecular flexibility index (Phi) is 3.50. The van der Waals surface area contributed by atoms with Gasteiger partial charge in [-0.1, -0.05) is 0 Å². The third-order valence-electron chi connectivity index (χ3n) is 2.06. The summed E-state index contributed by atoms with van der Waals surface area (Å²) in [7, 11) is 0. The number of urea groups is 1. The molecule has 0 saturated carbocycles. The van der Waals surface area contributed by atoms with Crippen molar-refractivity contribution in [1.29, 1.82) is 0 Å². The van der Waals surface area contributed by atoms with Crippen LogP contribution in [0.2, 0.25) is 0 Å². The minimum absolute atomic E-state index is 0.0374. The third kappa shape index (κ3) is 2.57. The fraction of sp³-hybridized carbons (Fsp3) is 0.875. The van der Waals surface area contributed by atoms with Gasteiger partial charge >= 0.3 is 6.03 Å². The maximum atomic E-state index is 11.6. The van der Waals surface area contributed by atoms with Gasteiger partial charge in [-0.2, -0.15) is 0 Å². The Morgan fingerprint density at radius 3 is 2.46 bits per heavy atom. The van der Waals surface area contributed by atoms with Gasteiger partial charge in [0.2, 0.25) is 0 Å². The maximum Gasteiger partial charge on any atom is 0.334 e. The highest BCUT2D eigenvalue weighted by atomic mass is 16.5. The number of carbonyl (C=O) groups excluding carboxylic acids is 1. The van der Waals surface area contributed by atoms with E-state index in [2.05, 4.69) is 0 Å². The van der Waals surface area contributed by atoms with Crippen LogP contribution in [0.1, 0.15) is 13.8 Å². The number of rotatable bonds is 1. The van der Waals surface area contributed by atoms with E-state index in [0.717, 1.165) is 0 Å². The lowest BCUT2D eigenvalue weighted by Crippen LogP contribution is -2.53. The molecular weight excluding hydrogens is 170 g/mol. The smallest absolute Gasteiger partial charge is 0.334 e. The molecule has 1 rings (SSSR count). The van der Waals surface area contributed by atoms with E-state index in [-0.39, 0.29) is 12.1 Å². The topological polar surface area (TPSA) is 58.8 Å².